The predicted octanol–water partition coefficient (Wildman–Crippen LogP) is 1.16. The summed E-state index contributed by atoms with van der Waals surface area (Å²) in [6.07, 6.45) is 6.68. The number of nitrogens with zero attached hydrogens (tertiary/aromatic N) is 2. The van der Waals surface area contributed by atoms with Gasteiger partial charge in [0.2, 0.25) is 5.91 Å². The summed E-state index contributed by atoms with van der Waals surface area (Å²) in [5.41, 5.74) is 0. The van der Waals surface area contributed by atoms with E-state index in [4.69, 9.17) is 5.11 Å². The molecule has 2 N–H and O–H groups in total. The minimum absolute atomic E-state index is 0.0880. The molecule has 1 aliphatic heterocycles. The molecule has 1 saturated heterocycles. The molecule has 1 saturated carbocycles. The third-order valence-electron chi connectivity index (χ3n) is 5.39. The van der Waals surface area contributed by atoms with Gasteiger partial charge in [-0.25, -0.2) is 0 Å². The van der Waals surface area contributed by atoms with E-state index in [1.54, 1.807) is 0 Å². The molecule has 0 radical (unpaired) electrons. The Morgan fingerprint density at radius 3 is 2.43 bits per heavy atom. The van der Waals surface area contributed by atoms with Crippen LogP contribution in [0.3, 0.4) is 0 Å². The Kier molecular flexibility index (Phi) is 6.84. The first-order valence-electron chi connectivity index (χ1n) is 8.89. The van der Waals surface area contributed by atoms with Crippen LogP contribution in [0.2, 0.25) is 0 Å². The lowest BCUT2D eigenvalue weighted by atomic mass is 9.86. The molecule has 2 unspecified atom stereocenters. The molecule has 0 aromatic heterocycles. The van der Waals surface area contributed by atoms with Gasteiger partial charge in [0, 0.05) is 25.2 Å². The van der Waals surface area contributed by atoms with E-state index in [1.807, 2.05) is 11.9 Å². The lowest BCUT2D eigenvalue weighted by molar-refractivity contribution is -0.138. The molecule has 132 valence electrons. The first kappa shape index (κ1) is 18.2. The zero-order chi connectivity index (χ0) is 16.8. The molecule has 1 heterocycles. The first-order valence-corrected chi connectivity index (χ1v) is 8.89. The molecule has 6 heteroatoms. The van der Waals surface area contributed by atoms with Gasteiger partial charge in [0.1, 0.15) is 0 Å². The number of carbonyl (C=O) groups is 2. The van der Waals surface area contributed by atoms with Crippen LogP contribution in [0.1, 0.15) is 45.4 Å². The average Bonchev–Trinajstić information content (AvgIpc) is 2.49. The zero-order valence-corrected chi connectivity index (χ0v) is 14.5. The number of likely N-dealkylation sites (tertiary alicyclic amines) is 1. The van der Waals surface area contributed by atoms with E-state index in [0.29, 0.717) is 24.5 Å². The number of likely N-dealkylation sites (N-methyl/N-ethyl adjacent to an activating group) is 1. The van der Waals surface area contributed by atoms with Gasteiger partial charge in [-0.2, -0.15) is 0 Å². The summed E-state index contributed by atoms with van der Waals surface area (Å²) in [5.74, 6) is -0.0555. The summed E-state index contributed by atoms with van der Waals surface area (Å²) in [7, 11) is 1.87. The van der Waals surface area contributed by atoms with Crippen LogP contribution in [0.25, 0.3) is 0 Å². The fourth-order valence-corrected chi connectivity index (χ4v) is 3.85. The Balaban J connectivity index is 1.69. The topological polar surface area (TPSA) is 72.9 Å². The van der Waals surface area contributed by atoms with Crippen molar-refractivity contribution >= 4 is 11.9 Å². The van der Waals surface area contributed by atoms with Crippen LogP contribution in [-0.4, -0.2) is 72.1 Å². The number of aliphatic carboxylic acids is 1. The molecule has 2 aliphatic rings. The quantitative estimate of drug-likeness (QED) is 0.767. The summed E-state index contributed by atoms with van der Waals surface area (Å²) >= 11 is 0. The van der Waals surface area contributed by atoms with Crippen LogP contribution in [-0.2, 0) is 9.59 Å². The number of carboxylic acids is 1. The highest BCUT2D eigenvalue weighted by Crippen LogP contribution is 2.23. The van der Waals surface area contributed by atoms with E-state index >= 15 is 0 Å². The molecule has 2 atom stereocenters. The standard InChI is InChI=1S/C17H31N3O3/c1-13-5-3-4-6-15(13)18-16(21)11-20-9-7-14(8-10-20)19(2)12-17(22)23/h13-15H,3-12H2,1-2H3,(H,18,21)(H,22,23). The summed E-state index contributed by atoms with van der Waals surface area (Å²) in [4.78, 5) is 27.1. The van der Waals surface area contributed by atoms with Gasteiger partial charge < -0.3 is 10.4 Å². The number of nitrogens with one attached hydrogen (secondary N) is 1. The van der Waals surface area contributed by atoms with E-state index in [-0.39, 0.29) is 12.5 Å². The van der Waals surface area contributed by atoms with Crippen molar-refractivity contribution in [2.75, 3.05) is 33.2 Å². The predicted molar refractivity (Wildman–Crippen MR) is 89.3 cm³/mol. The van der Waals surface area contributed by atoms with E-state index in [9.17, 15) is 9.59 Å². The first-order chi connectivity index (χ1) is 11.0. The van der Waals surface area contributed by atoms with Crippen molar-refractivity contribution < 1.29 is 14.7 Å². The number of rotatable bonds is 6. The largest absolute Gasteiger partial charge is 0.480 e. The van der Waals surface area contributed by atoms with Crippen molar-refractivity contribution in [3.8, 4) is 0 Å². The molecule has 2 rings (SSSR count). The monoisotopic (exact) mass is 325 g/mol. The molecular formula is C17H31N3O3. The minimum Gasteiger partial charge on any atom is -0.480 e. The van der Waals surface area contributed by atoms with Crippen molar-refractivity contribution in [3.05, 3.63) is 0 Å². The molecule has 0 bridgehead atoms. The summed E-state index contributed by atoms with van der Waals surface area (Å²) < 4.78 is 0. The van der Waals surface area contributed by atoms with E-state index in [2.05, 4.69) is 17.1 Å². The van der Waals surface area contributed by atoms with Crippen LogP contribution in [0, 0.1) is 5.92 Å². The van der Waals surface area contributed by atoms with Gasteiger partial charge >= 0.3 is 5.97 Å². The van der Waals surface area contributed by atoms with E-state index < -0.39 is 5.97 Å². The molecular weight excluding hydrogens is 294 g/mol. The Bertz CT molecular complexity index is 408. The number of carboxylic acid groups (broad SMARTS) is 1. The second kappa shape index (κ2) is 8.64. The summed E-state index contributed by atoms with van der Waals surface area (Å²) in [5, 5.41) is 12.1. The van der Waals surface area contributed by atoms with Crippen LogP contribution in [0.15, 0.2) is 0 Å². The Morgan fingerprint density at radius 1 is 1.17 bits per heavy atom. The number of carbonyl (C=O) groups excluding carboxylic acids is 1. The van der Waals surface area contributed by atoms with Crippen LogP contribution >= 0.6 is 0 Å². The van der Waals surface area contributed by atoms with Crippen LogP contribution < -0.4 is 5.32 Å². The summed E-state index contributed by atoms with van der Waals surface area (Å²) in [6, 6.07) is 0.652. The third-order valence-corrected chi connectivity index (χ3v) is 5.39. The molecule has 0 aromatic rings. The Labute approximate surface area is 139 Å². The molecule has 0 spiro atoms. The zero-order valence-electron chi connectivity index (χ0n) is 14.5. The van der Waals surface area contributed by atoms with E-state index in [1.165, 1.54) is 19.3 Å². The summed E-state index contributed by atoms with van der Waals surface area (Å²) in [6.45, 7) is 4.52. The fraction of sp³-hybridized carbons (Fsp3) is 0.882. The minimum atomic E-state index is -0.782. The van der Waals surface area contributed by atoms with Gasteiger partial charge in [0.25, 0.3) is 0 Å². The highest BCUT2D eigenvalue weighted by molar-refractivity contribution is 5.78. The fourth-order valence-electron chi connectivity index (χ4n) is 3.85. The van der Waals surface area contributed by atoms with Gasteiger partial charge in [-0.05, 0) is 38.6 Å². The number of hydrogen-bond donors (Lipinski definition) is 2. The van der Waals surface area contributed by atoms with Gasteiger partial charge in [0.05, 0.1) is 13.1 Å². The molecule has 1 amide bonds. The van der Waals surface area contributed by atoms with Gasteiger partial charge in [-0.3, -0.25) is 19.4 Å². The van der Waals surface area contributed by atoms with Crippen molar-refractivity contribution in [2.24, 2.45) is 5.92 Å². The number of piperidine rings is 1. The Hall–Kier alpha value is -1.14. The van der Waals surface area contributed by atoms with Crippen molar-refractivity contribution in [2.45, 2.75) is 57.5 Å². The van der Waals surface area contributed by atoms with Crippen molar-refractivity contribution in [1.29, 1.82) is 0 Å². The second-order valence-corrected chi connectivity index (χ2v) is 7.25. The molecule has 1 aliphatic carbocycles. The van der Waals surface area contributed by atoms with Crippen molar-refractivity contribution in [1.82, 2.24) is 15.1 Å². The van der Waals surface area contributed by atoms with Gasteiger partial charge in [-0.1, -0.05) is 19.8 Å². The highest BCUT2D eigenvalue weighted by Gasteiger charge is 2.26. The van der Waals surface area contributed by atoms with E-state index in [0.717, 1.165) is 32.4 Å². The van der Waals surface area contributed by atoms with Crippen LogP contribution in [0.4, 0.5) is 0 Å². The molecule has 2 fully saturated rings. The molecule has 0 aromatic carbocycles. The number of amides is 1. The highest BCUT2D eigenvalue weighted by atomic mass is 16.4. The maximum Gasteiger partial charge on any atom is 0.317 e. The van der Waals surface area contributed by atoms with Gasteiger partial charge in [-0.15, -0.1) is 0 Å². The van der Waals surface area contributed by atoms with Gasteiger partial charge in [0.15, 0.2) is 0 Å². The lowest BCUT2D eigenvalue weighted by Crippen LogP contribution is -2.49. The molecule has 23 heavy (non-hydrogen) atoms. The third kappa shape index (κ3) is 5.77. The second-order valence-electron chi connectivity index (χ2n) is 7.25. The SMILES string of the molecule is CC1CCCCC1NC(=O)CN1CCC(N(C)CC(=O)O)CC1. The smallest absolute Gasteiger partial charge is 0.317 e. The lowest BCUT2D eigenvalue weighted by Gasteiger charge is -2.36. The number of hydrogen-bond acceptors (Lipinski definition) is 4. The van der Waals surface area contributed by atoms with Crippen molar-refractivity contribution in [3.63, 3.8) is 0 Å². The normalized spacial score (nSPS) is 27.1. The molecule has 6 nitrogen and oxygen atoms in total. The average molecular weight is 325 g/mol. The maximum absolute atomic E-state index is 12.2. The Morgan fingerprint density at radius 2 is 1.83 bits per heavy atom. The van der Waals surface area contributed by atoms with Crippen LogP contribution in [0.5, 0.6) is 0 Å². The maximum atomic E-state index is 12.2.